The number of carboxylic acid groups (broad SMARTS) is 1. The number of hydrogen-bond acceptors (Lipinski definition) is 4. The van der Waals surface area contributed by atoms with Gasteiger partial charge in [0.2, 0.25) is 0 Å². The van der Waals surface area contributed by atoms with Crippen molar-refractivity contribution in [1.82, 2.24) is 5.32 Å². The van der Waals surface area contributed by atoms with Crippen LogP contribution in [-0.2, 0) is 9.53 Å². The summed E-state index contributed by atoms with van der Waals surface area (Å²) in [6.45, 7) is 12.0. The van der Waals surface area contributed by atoms with Crippen LogP contribution < -0.4 is 5.32 Å². The van der Waals surface area contributed by atoms with Gasteiger partial charge in [0, 0.05) is 11.4 Å². The number of carbonyl (C=O) groups excluding carboxylic acids is 1. The zero-order chi connectivity index (χ0) is 19.7. The quantitative estimate of drug-likeness (QED) is 0.452. The number of amides is 1. The van der Waals surface area contributed by atoms with Gasteiger partial charge in [-0.3, -0.25) is 9.59 Å². The Hall–Kier alpha value is -2.34. The summed E-state index contributed by atoms with van der Waals surface area (Å²) in [7, 11) is 0. The number of allylic oxidation sites excluding steroid dienone is 4. The maximum absolute atomic E-state index is 12.0. The Kier molecular flexibility index (Phi) is 8.85. The van der Waals surface area contributed by atoms with Crippen LogP contribution in [0.5, 0.6) is 0 Å². The highest BCUT2D eigenvalue weighted by Crippen LogP contribution is 2.28. The summed E-state index contributed by atoms with van der Waals surface area (Å²) in [5, 5.41) is 11.2. The first-order valence-electron chi connectivity index (χ1n) is 8.53. The Morgan fingerprint density at radius 2 is 2.04 bits per heavy atom. The predicted molar refractivity (Wildman–Crippen MR) is 105 cm³/mol. The molecule has 2 N–H and O–H groups in total. The van der Waals surface area contributed by atoms with Crippen molar-refractivity contribution < 1.29 is 19.4 Å². The molecule has 1 amide bonds. The van der Waals surface area contributed by atoms with E-state index in [1.807, 2.05) is 39.0 Å². The third-order valence-corrected chi connectivity index (χ3v) is 4.77. The van der Waals surface area contributed by atoms with Gasteiger partial charge in [-0.15, -0.1) is 11.3 Å². The molecule has 1 aromatic heterocycles. The fourth-order valence-electron chi connectivity index (χ4n) is 2.02. The lowest BCUT2D eigenvalue weighted by molar-refractivity contribution is -0.136. The Morgan fingerprint density at radius 3 is 2.62 bits per heavy atom. The van der Waals surface area contributed by atoms with Crippen LogP contribution in [0.25, 0.3) is 0 Å². The van der Waals surface area contributed by atoms with Gasteiger partial charge < -0.3 is 15.2 Å². The first-order chi connectivity index (χ1) is 12.2. The van der Waals surface area contributed by atoms with Crippen LogP contribution in [0.15, 0.2) is 47.8 Å². The van der Waals surface area contributed by atoms with Crippen molar-refractivity contribution in [2.75, 3.05) is 6.54 Å². The van der Waals surface area contributed by atoms with Crippen LogP contribution in [-0.4, -0.2) is 23.5 Å². The van der Waals surface area contributed by atoms with Crippen LogP contribution in [0.2, 0.25) is 0 Å². The molecule has 0 bridgehead atoms. The molecule has 142 valence electrons. The molecule has 0 spiro atoms. The summed E-state index contributed by atoms with van der Waals surface area (Å²) in [5.74, 6) is -0.467. The molecule has 0 saturated heterocycles. The number of ether oxygens (including phenoxy) is 1. The lowest BCUT2D eigenvalue weighted by Gasteiger charge is -2.15. The van der Waals surface area contributed by atoms with Crippen LogP contribution >= 0.6 is 11.3 Å². The summed E-state index contributed by atoms with van der Waals surface area (Å²) in [6, 6.07) is 3.58. The molecule has 0 radical (unpaired) electrons. The summed E-state index contributed by atoms with van der Waals surface area (Å²) in [5.41, 5.74) is 2.10. The fraction of sp³-hybridized carbons (Fsp3) is 0.400. The maximum atomic E-state index is 12.0. The van der Waals surface area contributed by atoms with Gasteiger partial charge in [0.15, 0.2) is 0 Å². The third kappa shape index (κ3) is 7.70. The lowest BCUT2D eigenvalue weighted by Crippen LogP contribution is -2.25. The van der Waals surface area contributed by atoms with E-state index in [0.717, 1.165) is 22.6 Å². The lowest BCUT2D eigenvalue weighted by atomic mass is 10.2. The number of hydrogen-bond donors (Lipinski definition) is 2. The summed E-state index contributed by atoms with van der Waals surface area (Å²) in [6.07, 6.45) is 4.51. The second-order valence-corrected chi connectivity index (χ2v) is 7.21. The van der Waals surface area contributed by atoms with E-state index in [4.69, 9.17) is 9.84 Å². The predicted octanol–water partition coefficient (Wildman–Crippen LogP) is 4.85. The highest BCUT2D eigenvalue weighted by molar-refractivity contribution is 7.14. The molecule has 0 aliphatic rings. The fourth-order valence-corrected chi connectivity index (χ4v) is 2.93. The number of aliphatic carboxylic acids is 1. The second kappa shape index (κ2) is 10.6. The van der Waals surface area contributed by atoms with Crippen molar-refractivity contribution in [3.63, 3.8) is 0 Å². The molecule has 26 heavy (non-hydrogen) atoms. The van der Waals surface area contributed by atoms with Crippen molar-refractivity contribution in [3.8, 4) is 0 Å². The average Bonchev–Trinajstić information content (AvgIpc) is 3.03. The van der Waals surface area contributed by atoms with Crippen molar-refractivity contribution in [1.29, 1.82) is 0 Å². The van der Waals surface area contributed by atoms with Gasteiger partial charge in [-0.2, -0.15) is 0 Å². The monoisotopic (exact) mass is 377 g/mol. The molecule has 5 nitrogen and oxygen atoms in total. The zero-order valence-electron chi connectivity index (χ0n) is 15.8. The van der Waals surface area contributed by atoms with Gasteiger partial charge >= 0.3 is 5.97 Å². The molecule has 0 fully saturated rings. The Labute approximate surface area is 159 Å². The molecule has 0 aliphatic carbocycles. The van der Waals surface area contributed by atoms with Crippen molar-refractivity contribution >= 4 is 23.2 Å². The highest BCUT2D eigenvalue weighted by atomic mass is 32.1. The van der Waals surface area contributed by atoms with Crippen LogP contribution in [0, 0.1) is 0 Å². The van der Waals surface area contributed by atoms with E-state index in [0.29, 0.717) is 4.88 Å². The van der Waals surface area contributed by atoms with Crippen LogP contribution in [0.3, 0.4) is 0 Å². The standard InChI is InChI=1S/C20H27NO4S/c1-6-14(4)12-16(11-13(2)3)25-15(5)17-7-8-18(26-17)20(24)21-10-9-19(22)23/h7-8,11-12,15H,2,6,9-10H2,1,3-5H3,(H,21,24)(H,22,23)/b14-12+,16-11+. The van der Waals surface area contributed by atoms with E-state index in [9.17, 15) is 9.59 Å². The average molecular weight is 378 g/mol. The Morgan fingerprint density at radius 1 is 1.35 bits per heavy atom. The topological polar surface area (TPSA) is 75.6 Å². The molecule has 0 saturated carbocycles. The summed E-state index contributed by atoms with van der Waals surface area (Å²) >= 11 is 1.34. The zero-order valence-corrected chi connectivity index (χ0v) is 16.6. The first-order valence-corrected chi connectivity index (χ1v) is 9.35. The third-order valence-electron chi connectivity index (χ3n) is 3.52. The molecule has 0 aliphatic heterocycles. The SMILES string of the molecule is C=C(C)/C=C(\C=C(/C)CC)OC(C)c1ccc(C(=O)NCCC(=O)O)s1. The normalized spacial score (nSPS) is 13.2. The molecule has 1 unspecified atom stereocenters. The van der Waals surface area contributed by atoms with E-state index in [2.05, 4.69) is 18.8 Å². The smallest absolute Gasteiger partial charge is 0.305 e. The number of carbonyl (C=O) groups is 2. The van der Waals surface area contributed by atoms with E-state index in [1.54, 1.807) is 6.07 Å². The highest BCUT2D eigenvalue weighted by Gasteiger charge is 2.15. The first kappa shape index (κ1) is 21.7. The van der Waals surface area contributed by atoms with Crippen LogP contribution in [0.1, 0.15) is 61.2 Å². The van der Waals surface area contributed by atoms with E-state index < -0.39 is 5.97 Å². The van der Waals surface area contributed by atoms with E-state index in [1.165, 1.54) is 16.9 Å². The Bertz CT molecular complexity index is 715. The minimum Gasteiger partial charge on any atom is -0.485 e. The van der Waals surface area contributed by atoms with Crippen LogP contribution in [0.4, 0.5) is 0 Å². The molecule has 1 heterocycles. The molecule has 1 rings (SSSR count). The molecule has 6 heteroatoms. The van der Waals surface area contributed by atoms with E-state index in [-0.39, 0.29) is 25.0 Å². The number of carboxylic acids is 1. The molecule has 0 aromatic carbocycles. The minimum atomic E-state index is -0.938. The minimum absolute atomic E-state index is 0.0956. The van der Waals surface area contributed by atoms with Gasteiger partial charge in [-0.05, 0) is 51.5 Å². The number of thiophene rings is 1. The number of rotatable bonds is 10. The molecular weight excluding hydrogens is 350 g/mol. The van der Waals surface area contributed by atoms with Crippen molar-refractivity contribution in [3.05, 3.63) is 57.5 Å². The van der Waals surface area contributed by atoms with Gasteiger partial charge in [-0.25, -0.2) is 0 Å². The summed E-state index contributed by atoms with van der Waals surface area (Å²) < 4.78 is 6.05. The van der Waals surface area contributed by atoms with E-state index >= 15 is 0 Å². The van der Waals surface area contributed by atoms with Gasteiger partial charge in [0.05, 0.1) is 11.3 Å². The van der Waals surface area contributed by atoms with Gasteiger partial charge in [0.1, 0.15) is 11.9 Å². The molecular formula is C20H27NO4S. The second-order valence-electron chi connectivity index (χ2n) is 6.10. The van der Waals surface area contributed by atoms with Gasteiger partial charge in [0.25, 0.3) is 5.91 Å². The largest absolute Gasteiger partial charge is 0.485 e. The molecule has 1 aromatic rings. The maximum Gasteiger partial charge on any atom is 0.305 e. The molecule has 1 atom stereocenters. The summed E-state index contributed by atoms with van der Waals surface area (Å²) in [4.78, 5) is 24.0. The van der Waals surface area contributed by atoms with Gasteiger partial charge in [-0.1, -0.05) is 24.6 Å². The number of nitrogens with one attached hydrogen (secondary N) is 1. The van der Waals surface area contributed by atoms with Crippen molar-refractivity contribution in [2.45, 2.75) is 46.6 Å². The Balaban J connectivity index is 2.79. The van der Waals surface area contributed by atoms with Crippen molar-refractivity contribution in [2.24, 2.45) is 0 Å².